The van der Waals surface area contributed by atoms with Crippen molar-refractivity contribution < 1.29 is 25.9 Å². The molecule has 1 aromatic rings. The first kappa shape index (κ1) is 16.5. The second kappa shape index (κ2) is 6.26. The van der Waals surface area contributed by atoms with E-state index in [9.17, 15) is 16.8 Å². The standard InChI is InChI=1S/C9H13N3O6S2/c1-12(6-7-19(13,14)15)11-10-8-2-4-9(5-3-8)20(16,17)18/h2-5H,6-7H2,1H3,(H,13,14,15)(H,16,17,18). The summed E-state index contributed by atoms with van der Waals surface area (Å²) in [5.74, 6) is -0.482. The third kappa shape index (κ3) is 6.06. The van der Waals surface area contributed by atoms with E-state index in [1.165, 1.54) is 24.2 Å². The van der Waals surface area contributed by atoms with E-state index >= 15 is 0 Å². The Morgan fingerprint density at radius 3 is 2.10 bits per heavy atom. The van der Waals surface area contributed by atoms with E-state index < -0.39 is 26.0 Å². The number of hydrogen-bond acceptors (Lipinski definition) is 6. The maximum atomic E-state index is 10.8. The van der Waals surface area contributed by atoms with Crippen molar-refractivity contribution in [3.63, 3.8) is 0 Å². The molecule has 0 aliphatic carbocycles. The van der Waals surface area contributed by atoms with Crippen LogP contribution in [0.4, 0.5) is 5.69 Å². The van der Waals surface area contributed by atoms with Gasteiger partial charge in [-0.3, -0.25) is 14.1 Å². The van der Waals surface area contributed by atoms with Gasteiger partial charge in [0.05, 0.1) is 22.9 Å². The van der Waals surface area contributed by atoms with Crippen molar-refractivity contribution in [3.8, 4) is 0 Å². The molecule has 0 unspecified atom stereocenters. The van der Waals surface area contributed by atoms with Gasteiger partial charge in [-0.1, -0.05) is 5.22 Å². The Hall–Kier alpha value is -1.56. The molecule has 112 valence electrons. The molecule has 0 heterocycles. The first-order valence-electron chi connectivity index (χ1n) is 5.23. The average Bonchev–Trinajstić information content (AvgIpc) is 2.32. The highest BCUT2D eigenvalue weighted by Gasteiger charge is 2.08. The number of benzene rings is 1. The van der Waals surface area contributed by atoms with Crippen LogP contribution in [0.2, 0.25) is 0 Å². The Morgan fingerprint density at radius 1 is 1.10 bits per heavy atom. The molecule has 9 nitrogen and oxygen atoms in total. The van der Waals surface area contributed by atoms with Crippen LogP contribution in [-0.2, 0) is 20.2 Å². The maximum absolute atomic E-state index is 10.8. The second-order valence-corrected chi connectivity index (χ2v) is 6.82. The van der Waals surface area contributed by atoms with Crippen molar-refractivity contribution >= 4 is 25.9 Å². The highest BCUT2D eigenvalue weighted by Crippen LogP contribution is 2.16. The van der Waals surface area contributed by atoms with Crippen LogP contribution in [0.3, 0.4) is 0 Å². The SMILES string of the molecule is CN(CCS(=O)(=O)O)N=Nc1ccc(S(=O)(=O)O)cc1. The number of hydrogen-bond donors (Lipinski definition) is 2. The van der Waals surface area contributed by atoms with E-state index in [1.807, 2.05) is 0 Å². The van der Waals surface area contributed by atoms with Gasteiger partial charge in [-0.25, -0.2) is 0 Å². The van der Waals surface area contributed by atoms with Gasteiger partial charge in [0, 0.05) is 7.05 Å². The zero-order valence-corrected chi connectivity index (χ0v) is 12.0. The van der Waals surface area contributed by atoms with Crippen LogP contribution in [0.15, 0.2) is 39.5 Å². The predicted octanol–water partition coefficient (Wildman–Crippen LogP) is 0.752. The van der Waals surface area contributed by atoms with Gasteiger partial charge >= 0.3 is 0 Å². The van der Waals surface area contributed by atoms with Gasteiger partial charge in [0.15, 0.2) is 0 Å². The molecule has 11 heteroatoms. The minimum atomic E-state index is -4.25. The van der Waals surface area contributed by atoms with Crippen LogP contribution < -0.4 is 0 Å². The highest BCUT2D eigenvalue weighted by molar-refractivity contribution is 7.86. The van der Waals surface area contributed by atoms with Crippen molar-refractivity contribution in [1.82, 2.24) is 5.01 Å². The molecular formula is C9H13N3O6S2. The Bertz CT molecular complexity index is 681. The molecule has 0 aliphatic heterocycles. The van der Waals surface area contributed by atoms with Crippen LogP contribution in [-0.4, -0.2) is 50.3 Å². The van der Waals surface area contributed by atoms with E-state index in [0.29, 0.717) is 5.69 Å². The molecule has 0 aliphatic rings. The third-order valence-corrected chi connectivity index (χ3v) is 3.69. The summed E-state index contributed by atoms with van der Waals surface area (Å²) >= 11 is 0. The lowest BCUT2D eigenvalue weighted by atomic mass is 10.3. The molecule has 0 aromatic heterocycles. The Labute approximate surface area is 116 Å². The van der Waals surface area contributed by atoms with Crippen LogP contribution in [0.1, 0.15) is 0 Å². The van der Waals surface area contributed by atoms with Gasteiger partial charge in [-0.15, -0.1) is 5.11 Å². The quantitative estimate of drug-likeness (QED) is 0.447. The highest BCUT2D eigenvalue weighted by atomic mass is 32.2. The molecule has 0 spiro atoms. The molecule has 0 saturated carbocycles. The molecule has 0 radical (unpaired) electrons. The molecule has 0 fully saturated rings. The van der Waals surface area contributed by atoms with Crippen LogP contribution in [0, 0.1) is 0 Å². The summed E-state index contributed by atoms with van der Waals surface area (Å²) in [5, 5.41) is 8.59. The van der Waals surface area contributed by atoms with Crippen molar-refractivity contribution in [1.29, 1.82) is 0 Å². The summed E-state index contributed by atoms with van der Waals surface area (Å²) in [4.78, 5) is -0.267. The van der Waals surface area contributed by atoms with Gasteiger partial charge in [0.2, 0.25) is 0 Å². The number of nitrogens with zero attached hydrogens (tertiary/aromatic N) is 3. The van der Waals surface area contributed by atoms with E-state index in [1.54, 1.807) is 0 Å². The lowest BCUT2D eigenvalue weighted by molar-refractivity contribution is 0.347. The van der Waals surface area contributed by atoms with Crippen LogP contribution in [0.25, 0.3) is 0 Å². The van der Waals surface area contributed by atoms with E-state index in [-0.39, 0.29) is 11.4 Å². The summed E-state index contributed by atoms with van der Waals surface area (Å²) in [7, 11) is -6.86. The Morgan fingerprint density at radius 2 is 1.65 bits per heavy atom. The van der Waals surface area contributed by atoms with E-state index in [4.69, 9.17) is 9.11 Å². The van der Waals surface area contributed by atoms with E-state index in [0.717, 1.165) is 12.1 Å². The fourth-order valence-electron chi connectivity index (χ4n) is 1.10. The molecule has 0 bridgehead atoms. The lowest BCUT2D eigenvalue weighted by Crippen LogP contribution is -2.20. The van der Waals surface area contributed by atoms with Gasteiger partial charge in [0.1, 0.15) is 0 Å². The van der Waals surface area contributed by atoms with Gasteiger partial charge < -0.3 is 0 Å². The molecule has 0 saturated heterocycles. The third-order valence-electron chi connectivity index (χ3n) is 2.12. The number of rotatable bonds is 6. The topological polar surface area (TPSA) is 137 Å². The minimum absolute atomic E-state index is 0.0502. The second-order valence-electron chi connectivity index (χ2n) is 3.83. The molecule has 20 heavy (non-hydrogen) atoms. The molecular weight excluding hydrogens is 310 g/mol. The smallest absolute Gasteiger partial charge is 0.285 e. The zero-order chi connectivity index (χ0) is 15.4. The molecule has 2 N–H and O–H groups in total. The summed E-state index contributed by atoms with van der Waals surface area (Å²) in [6.07, 6.45) is 0. The van der Waals surface area contributed by atoms with Crippen molar-refractivity contribution in [2.45, 2.75) is 4.90 Å². The van der Waals surface area contributed by atoms with Gasteiger partial charge in [-0.05, 0) is 24.3 Å². The largest absolute Gasteiger partial charge is 0.294 e. The summed E-state index contributed by atoms with van der Waals surface area (Å²) in [6.45, 7) is -0.0502. The van der Waals surface area contributed by atoms with Crippen LogP contribution in [0.5, 0.6) is 0 Å². The Balaban J connectivity index is 2.67. The first-order chi connectivity index (χ1) is 9.08. The van der Waals surface area contributed by atoms with Crippen molar-refractivity contribution in [3.05, 3.63) is 24.3 Å². The van der Waals surface area contributed by atoms with E-state index in [2.05, 4.69) is 10.3 Å². The summed E-state index contributed by atoms with van der Waals surface area (Å²) < 4.78 is 60.0. The molecule has 0 amide bonds. The molecule has 1 aromatic carbocycles. The first-order valence-corrected chi connectivity index (χ1v) is 8.28. The van der Waals surface area contributed by atoms with Gasteiger partial charge in [-0.2, -0.15) is 16.8 Å². The monoisotopic (exact) mass is 323 g/mol. The normalized spacial score (nSPS) is 12.8. The van der Waals surface area contributed by atoms with Crippen molar-refractivity contribution in [2.24, 2.45) is 10.3 Å². The lowest BCUT2D eigenvalue weighted by Gasteiger charge is -2.09. The summed E-state index contributed by atoms with van der Waals surface area (Å²) in [6, 6.07) is 4.95. The summed E-state index contributed by atoms with van der Waals surface area (Å²) in [5.41, 5.74) is 0.316. The molecule has 1 rings (SSSR count). The maximum Gasteiger partial charge on any atom is 0.294 e. The van der Waals surface area contributed by atoms with Gasteiger partial charge in [0.25, 0.3) is 20.2 Å². The average molecular weight is 323 g/mol. The Kier molecular flexibility index (Phi) is 5.16. The predicted molar refractivity (Wildman–Crippen MR) is 69.8 cm³/mol. The van der Waals surface area contributed by atoms with Crippen LogP contribution >= 0.6 is 0 Å². The molecule has 0 atom stereocenters. The van der Waals surface area contributed by atoms with Crippen molar-refractivity contribution in [2.75, 3.05) is 19.3 Å². The zero-order valence-electron chi connectivity index (χ0n) is 10.4. The fraction of sp³-hybridized carbons (Fsp3) is 0.333. The fourth-order valence-corrected chi connectivity index (χ4v) is 2.08. The minimum Gasteiger partial charge on any atom is -0.285 e.